The van der Waals surface area contributed by atoms with E-state index in [0.717, 1.165) is 5.56 Å². The molecule has 0 aliphatic carbocycles. The van der Waals surface area contributed by atoms with E-state index in [2.05, 4.69) is 10.1 Å². The maximum atomic E-state index is 12.0. The van der Waals surface area contributed by atoms with Crippen molar-refractivity contribution < 1.29 is 14.1 Å². The molecule has 0 radical (unpaired) electrons. The molecule has 0 saturated carbocycles. The van der Waals surface area contributed by atoms with Gasteiger partial charge in [0.1, 0.15) is 10.8 Å². The van der Waals surface area contributed by atoms with Gasteiger partial charge in [0.05, 0.1) is 15.6 Å². The third-order valence-corrected chi connectivity index (χ3v) is 3.92. The first kappa shape index (κ1) is 16.8. The Morgan fingerprint density at radius 3 is 2.75 bits per heavy atom. The van der Waals surface area contributed by atoms with Gasteiger partial charge >= 0.3 is 5.97 Å². The monoisotopic (exact) mass is 382 g/mol. The summed E-state index contributed by atoms with van der Waals surface area (Å²) >= 11 is 17.8. The SMILES string of the molecule is O=C(OCc1cc(-c2ccccc2Cl)no1)c1cc(Cl)cnc1Cl. The molecule has 0 atom stereocenters. The number of rotatable bonds is 4. The van der Waals surface area contributed by atoms with E-state index in [-0.39, 0.29) is 22.3 Å². The third-order valence-electron chi connectivity index (χ3n) is 3.08. The van der Waals surface area contributed by atoms with Crippen LogP contribution in [0.25, 0.3) is 11.3 Å². The van der Waals surface area contributed by atoms with E-state index in [4.69, 9.17) is 44.1 Å². The summed E-state index contributed by atoms with van der Waals surface area (Å²) in [7, 11) is 0. The van der Waals surface area contributed by atoms with Crippen LogP contribution in [-0.2, 0) is 11.3 Å². The van der Waals surface area contributed by atoms with Gasteiger partial charge < -0.3 is 9.26 Å². The highest BCUT2D eigenvalue weighted by Crippen LogP contribution is 2.27. The molecule has 0 aliphatic rings. The Morgan fingerprint density at radius 1 is 1.17 bits per heavy atom. The fraction of sp³-hybridized carbons (Fsp3) is 0.0625. The summed E-state index contributed by atoms with van der Waals surface area (Å²) in [5.74, 6) is -0.296. The average molecular weight is 384 g/mol. The summed E-state index contributed by atoms with van der Waals surface area (Å²) in [5.41, 5.74) is 1.35. The van der Waals surface area contributed by atoms with Crippen molar-refractivity contribution in [1.29, 1.82) is 0 Å². The lowest BCUT2D eigenvalue weighted by atomic mass is 10.1. The first-order valence-corrected chi connectivity index (χ1v) is 7.86. The molecule has 122 valence electrons. The number of esters is 1. The second-order valence-corrected chi connectivity index (χ2v) is 5.93. The van der Waals surface area contributed by atoms with Gasteiger partial charge in [0, 0.05) is 17.8 Å². The highest BCUT2D eigenvalue weighted by atomic mass is 35.5. The lowest BCUT2D eigenvalue weighted by Crippen LogP contribution is -2.06. The lowest BCUT2D eigenvalue weighted by molar-refractivity contribution is 0.0437. The number of aromatic nitrogens is 2. The zero-order chi connectivity index (χ0) is 17.1. The Hall–Kier alpha value is -2.08. The van der Waals surface area contributed by atoms with Crippen molar-refractivity contribution in [2.75, 3.05) is 0 Å². The zero-order valence-electron chi connectivity index (χ0n) is 12.0. The molecule has 0 saturated heterocycles. The third kappa shape index (κ3) is 3.70. The van der Waals surface area contributed by atoms with Gasteiger partial charge in [0.25, 0.3) is 0 Å². The van der Waals surface area contributed by atoms with Crippen LogP contribution in [0.4, 0.5) is 0 Å². The molecule has 0 bridgehead atoms. The Balaban J connectivity index is 1.71. The van der Waals surface area contributed by atoms with Gasteiger partial charge in [-0.05, 0) is 12.1 Å². The van der Waals surface area contributed by atoms with Crippen molar-refractivity contribution in [2.45, 2.75) is 6.61 Å². The largest absolute Gasteiger partial charge is 0.454 e. The van der Waals surface area contributed by atoms with Crippen LogP contribution < -0.4 is 0 Å². The molecule has 0 unspecified atom stereocenters. The van der Waals surface area contributed by atoms with Crippen LogP contribution in [0.3, 0.4) is 0 Å². The molecule has 8 heteroatoms. The van der Waals surface area contributed by atoms with E-state index in [1.54, 1.807) is 12.1 Å². The zero-order valence-corrected chi connectivity index (χ0v) is 14.3. The predicted octanol–water partition coefficient (Wildman–Crippen LogP) is 5.05. The van der Waals surface area contributed by atoms with Crippen LogP contribution >= 0.6 is 34.8 Å². The molecule has 0 amide bonds. The van der Waals surface area contributed by atoms with Gasteiger partial charge in [-0.15, -0.1) is 0 Å². The van der Waals surface area contributed by atoms with Crippen LogP contribution in [0.15, 0.2) is 47.1 Å². The Morgan fingerprint density at radius 2 is 1.96 bits per heavy atom. The summed E-state index contributed by atoms with van der Waals surface area (Å²) in [4.78, 5) is 15.8. The molecule has 2 aromatic heterocycles. The van der Waals surface area contributed by atoms with Gasteiger partial charge in [0.15, 0.2) is 12.4 Å². The molecule has 5 nitrogen and oxygen atoms in total. The van der Waals surface area contributed by atoms with Gasteiger partial charge in [-0.1, -0.05) is 58.2 Å². The molecule has 3 rings (SSSR count). The number of halogens is 3. The lowest BCUT2D eigenvalue weighted by Gasteiger charge is -2.04. The molecule has 0 fully saturated rings. The molecular formula is C16H9Cl3N2O3. The first-order valence-electron chi connectivity index (χ1n) is 6.73. The minimum absolute atomic E-state index is 0.0127. The van der Waals surface area contributed by atoms with Gasteiger partial charge in [-0.25, -0.2) is 9.78 Å². The second kappa shape index (κ2) is 7.21. The first-order chi connectivity index (χ1) is 11.5. The van der Waals surface area contributed by atoms with Crippen LogP contribution in [0.2, 0.25) is 15.2 Å². The number of hydrogen-bond acceptors (Lipinski definition) is 5. The number of pyridine rings is 1. The Labute approximate surface area is 152 Å². The molecule has 0 N–H and O–H groups in total. The molecule has 0 spiro atoms. The van der Waals surface area contributed by atoms with Gasteiger partial charge in [-0.3, -0.25) is 0 Å². The number of nitrogens with zero attached hydrogens (tertiary/aromatic N) is 2. The smallest absolute Gasteiger partial charge is 0.341 e. The predicted molar refractivity (Wildman–Crippen MR) is 90.3 cm³/mol. The maximum Gasteiger partial charge on any atom is 0.341 e. The maximum absolute atomic E-state index is 12.0. The molecule has 24 heavy (non-hydrogen) atoms. The Bertz CT molecular complexity index is 896. The standard InChI is InChI=1S/C16H9Cl3N2O3/c17-9-5-12(15(19)20-7-9)16(22)23-8-10-6-14(21-24-10)11-3-1-2-4-13(11)18/h1-7H,8H2. The molecule has 0 aliphatic heterocycles. The fourth-order valence-electron chi connectivity index (χ4n) is 1.96. The minimum atomic E-state index is -0.661. The minimum Gasteiger partial charge on any atom is -0.454 e. The van der Waals surface area contributed by atoms with Crippen molar-refractivity contribution in [3.63, 3.8) is 0 Å². The second-order valence-electron chi connectivity index (χ2n) is 4.73. The number of carbonyl (C=O) groups excluding carboxylic acids is 1. The Kier molecular flexibility index (Phi) is 5.04. The highest BCUT2D eigenvalue weighted by Gasteiger charge is 2.16. The van der Waals surface area contributed by atoms with Crippen LogP contribution in [-0.4, -0.2) is 16.1 Å². The van der Waals surface area contributed by atoms with Crippen LogP contribution in [0.5, 0.6) is 0 Å². The molecule has 2 heterocycles. The van der Waals surface area contributed by atoms with Crippen LogP contribution in [0.1, 0.15) is 16.1 Å². The van der Waals surface area contributed by atoms with E-state index in [0.29, 0.717) is 16.5 Å². The van der Waals surface area contributed by atoms with Crippen molar-refractivity contribution in [3.8, 4) is 11.3 Å². The summed E-state index contributed by atoms with van der Waals surface area (Å²) < 4.78 is 10.3. The van der Waals surface area contributed by atoms with E-state index in [1.807, 2.05) is 18.2 Å². The number of ether oxygens (including phenoxy) is 1. The number of hydrogen-bond donors (Lipinski definition) is 0. The van der Waals surface area contributed by atoms with E-state index >= 15 is 0 Å². The molecular weight excluding hydrogens is 375 g/mol. The normalized spacial score (nSPS) is 10.6. The summed E-state index contributed by atoms with van der Waals surface area (Å²) in [6.45, 7) is -0.112. The number of benzene rings is 1. The van der Waals surface area contributed by atoms with Gasteiger partial charge in [0.2, 0.25) is 0 Å². The van der Waals surface area contributed by atoms with E-state index in [9.17, 15) is 4.79 Å². The number of carbonyl (C=O) groups is 1. The van der Waals surface area contributed by atoms with Crippen LogP contribution in [0, 0.1) is 0 Å². The topological polar surface area (TPSA) is 65.2 Å². The summed E-state index contributed by atoms with van der Waals surface area (Å²) in [5, 5.41) is 4.76. The molecule has 3 aromatic rings. The molecule has 1 aromatic carbocycles. The van der Waals surface area contributed by atoms with Gasteiger partial charge in [-0.2, -0.15) is 0 Å². The highest BCUT2D eigenvalue weighted by molar-refractivity contribution is 6.34. The summed E-state index contributed by atoms with van der Waals surface area (Å²) in [6.07, 6.45) is 1.34. The quantitative estimate of drug-likeness (QED) is 0.466. The summed E-state index contributed by atoms with van der Waals surface area (Å²) in [6, 6.07) is 10.2. The van der Waals surface area contributed by atoms with Crippen molar-refractivity contribution in [2.24, 2.45) is 0 Å². The van der Waals surface area contributed by atoms with E-state index in [1.165, 1.54) is 12.3 Å². The van der Waals surface area contributed by atoms with E-state index < -0.39 is 5.97 Å². The van der Waals surface area contributed by atoms with Crippen molar-refractivity contribution in [1.82, 2.24) is 10.1 Å². The average Bonchev–Trinajstić information content (AvgIpc) is 3.04. The van der Waals surface area contributed by atoms with Crippen molar-refractivity contribution in [3.05, 3.63) is 69.1 Å². The fourth-order valence-corrected chi connectivity index (χ4v) is 2.53. The van der Waals surface area contributed by atoms with Crippen molar-refractivity contribution >= 4 is 40.8 Å².